The van der Waals surface area contributed by atoms with Gasteiger partial charge in [0.1, 0.15) is 0 Å². The average Bonchev–Trinajstić information content (AvgIpc) is 3.15. The molecule has 1 aromatic rings. The lowest BCUT2D eigenvalue weighted by atomic mass is 10.3. The number of hydrogen-bond donors (Lipinski definition) is 1. The van der Waals surface area contributed by atoms with Gasteiger partial charge in [0, 0.05) is 26.3 Å². The standard InChI is InChI=1S/C15H25N3O2S/c1-4-7-16-9-13-5-6-15(17-10-13)21(19,20)18(3)11-14-8-12(14)2/h5-6,10,12,14,16H,4,7-9,11H2,1-3H3. The van der Waals surface area contributed by atoms with Gasteiger partial charge < -0.3 is 5.32 Å². The Bertz CT molecular complexity index is 557. The Morgan fingerprint density at radius 3 is 2.67 bits per heavy atom. The Morgan fingerprint density at radius 2 is 2.14 bits per heavy atom. The van der Waals surface area contributed by atoms with Crippen LogP contribution < -0.4 is 5.32 Å². The minimum atomic E-state index is -3.46. The molecule has 0 amide bonds. The number of nitrogens with zero attached hydrogens (tertiary/aromatic N) is 2. The first kappa shape index (κ1) is 16.4. The van der Waals surface area contributed by atoms with E-state index in [0.717, 1.165) is 31.5 Å². The predicted octanol–water partition coefficient (Wildman–Crippen LogP) is 1.86. The average molecular weight is 311 g/mol. The molecule has 0 saturated heterocycles. The quantitative estimate of drug-likeness (QED) is 0.744. The number of hydrogen-bond acceptors (Lipinski definition) is 4. The van der Waals surface area contributed by atoms with Crippen LogP contribution in [0.4, 0.5) is 0 Å². The van der Waals surface area contributed by atoms with Crippen molar-refractivity contribution in [2.45, 2.75) is 38.3 Å². The van der Waals surface area contributed by atoms with Gasteiger partial charge in [0.25, 0.3) is 10.0 Å². The van der Waals surface area contributed by atoms with Gasteiger partial charge in [0.05, 0.1) is 0 Å². The number of sulfonamides is 1. The first-order valence-corrected chi connectivity index (χ1v) is 9.01. The first-order chi connectivity index (χ1) is 9.95. The third-order valence-electron chi connectivity index (χ3n) is 4.00. The minimum Gasteiger partial charge on any atom is -0.313 e. The maximum Gasteiger partial charge on any atom is 0.260 e. The van der Waals surface area contributed by atoms with Crippen molar-refractivity contribution >= 4 is 10.0 Å². The van der Waals surface area contributed by atoms with E-state index in [0.29, 0.717) is 18.4 Å². The van der Waals surface area contributed by atoms with Crippen LogP contribution in [0.5, 0.6) is 0 Å². The van der Waals surface area contributed by atoms with E-state index in [2.05, 4.69) is 24.1 Å². The Balaban J connectivity index is 1.99. The van der Waals surface area contributed by atoms with Gasteiger partial charge in [0.15, 0.2) is 5.03 Å². The fourth-order valence-corrected chi connectivity index (χ4v) is 3.45. The molecule has 0 bridgehead atoms. The molecule has 1 aromatic heterocycles. The molecule has 1 heterocycles. The van der Waals surface area contributed by atoms with Crippen LogP contribution in [-0.4, -0.2) is 37.8 Å². The molecule has 118 valence electrons. The summed E-state index contributed by atoms with van der Waals surface area (Å²) in [5, 5.41) is 3.41. The summed E-state index contributed by atoms with van der Waals surface area (Å²) in [6.45, 7) is 6.52. The monoisotopic (exact) mass is 311 g/mol. The summed E-state index contributed by atoms with van der Waals surface area (Å²) in [7, 11) is -1.82. The van der Waals surface area contributed by atoms with Gasteiger partial charge in [-0.05, 0) is 42.9 Å². The first-order valence-electron chi connectivity index (χ1n) is 7.57. The van der Waals surface area contributed by atoms with Crippen molar-refractivity contribution in [3.63, 3.8) is 0 Å². The molecule has 0 aromatic carbocycles. The SMILES string of the molecule is CCCNCc1ccc(S(=O)(=O)N(C)CC2CC2C)nc1. The second-order valence-electron chi connectivity index (χ2n) is 5.94. The van der Waals surface area contributed by atoms with E-state index in [1.54, 1.807) is 19.3 Å². The second kappa shape index (κ2) is 6.85. The molecule has 1 saturated carbocycles. The molecule has 1 N–H and O–H groups in total. The molecule has 21 heavy (non-hydrogen) atoms. The largest absolute Gasteiger partial charge is 0.313 e. The summed E-state index contributed by atoms with van der Waals surface area (Å²) < 4.78 is 26.3. The Hall–Kier alpha value is -0.980. The highest BCUT2D eigenvalue weighted by atomic mass is 32.2. The van der Waals surface area contributed by atoms with Crippen LogP contribution in [0.25, 0.3) is 0 Å². The van der Waals surface area contributed by atoms with Crippen molar-refractivity contribution in [3.8, 4) is 0 Å². The van der Waals surface area contributed by atoms with Gasteiger partial charge in [-0.2, -0.15) is 4.31 Å². The predicted molar refractivity (Wildman–Crippen MR) is 83.3 cm³/mol. The van der Waals surface area contributed by atoms with Crippen molar-refractivity contribution in [3.05, 3.63) is 23.9 Å². The third kappa shape index (κ3) is 4.25. The summed E-state index contributed by atoms with van der Waals surface area (Å²) in [5.41, 5.74) is 1.00. The van der Waals surface area contributed by atoms with E-state index < -0.39 is 10.0 Å². The molecule has 5 nitrogen and oxygen atoms in total. The summed E-state index contributed by atoms with van der Waals surface area (Å²) >= 11 is 0. The van der Waals surface area contributed by atoms with E-state index >= 15 is 0 Å². The third-order valence-corrected chi connectivity index (χ3v) is 5.74. The van der Waals surface area contributed by atoms with Crippen molar-refractivity contribution in [2.24, 2.45) is 11.8 Å². The van der Waals surface area contributed by atoms with Gasteiger partial charge in [-0.1, -0.05) is 19.9 Å². The van der Waals surface area contributed by atoms with Gasteiger partial charge in [-0.15, -0.1) is 0 Å². The van der Waals surface area contributed by atoms with Gasteiger partial charge >= 0.3 is 0 Å². The van der Waals surface area contributed by atoms with Crippen LogP contribution in [0.3, 0.4) is 0 Å². The van der Waals surface area contributed by atoms with E-state index in [1.165, 1.54) is 4.31 Å². The lowest BCUT2D eigenvalue weighted by Gasteiger charge is -2.16. The zero-order valence-corrected chi connectivity index (χ0v) is 13.9. The number of pyridine rings is 1. The van der Waals surface area contributed by atoms with Gasteiger partial charge in [0.2, 0.25) is 0 Å². The van der Waals surface area contributed by atoms with Crippen LogP contribution in [0.15, 0.2) is 23.4 Å². The van der Waals surface area contributed by atoms with E-state index in [4.69, 9.17) is 0 Å². The molecular formula is C15H25N3O2S. The molecule has 2 unspecified atom stereocenters. The molecule has 0 spiro atoms. The highest BCUT2D eigenvalue weighted by Gasteiger charge is 2.36. The number of nitrogens with one attached hydrogen (secondary N) is 1. The smallest absolute Gasteiger partial charge is 0.260 e. The van der Waals surface area contributed by atoms with E-state index in [9.17, 15) is 8.42 Å². The van der Waals surface area contributed by atoms with Crippen molar-refractivity contribution in [1.29, 1.82) is 0 Å². The lowest BCUT2D eigenvalue weighted by molar-refractivity contribution is 0.442. The van der Waals surface area contributed by atoms with Crippen molar-refractivity contribution < 1.29 is 8.42 Å². The highest BCUT2D eigenvalue weighted by molar-refractivity contribution is 7.89. The van der Waals surface area contributed by atoms with E-state index in [-0.39, 0.29) is 5.03 Å². The van der Waals surface area contributed by atoms with Crippen LogP contribution in [0, 0.1) is 11.8 Å². The zero-order chi connectivity index (χ0) is 15.5. The van der Waals surface area contributed by atoms with Crippen molar-refractivity contribution in [1.82, 2.24) is 14.6 Å². The highest BCUT2D eigenvalue weighted by Crippen LogP contribution is 2.38. The maximum atomic E-state index is 12.4. The fourth-order valence-electron chi connectivity index (χ4n) is 2.32. The molecule has 0 aliphatic heterocycles. The van der Waals surface area contributed by atoms with Crippen LogP contribution in [0.1, 0.15) is 32.3 Å². The summed E-state index contributed by atoms with van der Waals surface area (Å²) in [6, 6.07) is 3.43. The normalized spacial score (nSPS) is 21.7. The topological polar surface area (TPSA) is 62.3 Å². The molecule has 2 atom stereocenters. The lowest BCUT2D eigenvalue weighted by Crippen LogP contribution is -2.30. The van der Waals surface area contributed by atoms with Crippen LogP contribution in [-0.2, 0) is 16.6 Å². The molecule has 6 heteroatoms. The van der Waals surface area contributed by atoms with Gasteiger partial charge in [-0.25, -0.2) is 13.4 Å². The Kier molecular flexibility index (Phi) is 5.35. The van der Waals surface area contributed by atoms with Crippen molar-refractivity contribution in [2.75, 3.05) is 20.1 Å². The molecule has 1 aliphatic rings. The fraction of sp³-hybridized carbons (Fsp3) is 0.667. The number of rotatable bonds is 8. The molecule has 1 aliphatic carbocycles. The zero-order valence-electron chi connectivity index (χ0n) is 13.0. The van der Waals surface area contributed by atoms with Crippen LogP contribution >= 0.6 is 0 Å². The molecule has 0 radical (unpaired) electrons. The van der Waals surface area contributed by atoms with E-state index in [1.807, 2.05) is 6.07 Å². The molecule has 2 rings (SSSR count). The summed E-state index contributed by atoms with van der Waals surface area (Å²) in [5.74, 6) is 1.14. The summed E-state index contributed by atoms with van der Waals surface area (Å²) in [6.07, 6.45) is 3.84. The summed E-state index contributed by atoms with van der Waals surface area (Å²) in [4.78, 5) is 4.13. The maximum absolute atomic E-state index is 12.4. The molecular weight excluding hydrogens is 286 g/mol. The Morgan fingerprint density at radius 1 is 1.43 bits per heavy atom. The second-order valence-corrected chi connectivity index (χ2v) is 7.93. The molecule has 1 fully saturated rings. The number of aromatic nitrogens is 1. The minimum absolute atomic E-state index is 0.137. The van der Waals surface area contributed by atoms with Gasteiger partial charge in [-0.3, -0.25) is 0 Å². The van der Waals surface area contributed by atoms with Crippen LogP contribution in [0.2, 0.25) is 0 Å². The Labute approximate surface area is 127 Å².